The van der Waals surface area contributed by atoms with Crippen LogP contribution in [-0.4, -0.2) is 36.7 Å². The minimum atomic E-state index is -0.570. The van der Waals surface area contributed by atoms with Gasteiger partial charge in [-0.05, 0) is 78.2 Å². The van der Waals surface area contributed by atoms with Crippen molar-refractivity contribution in [2.24, 2.45) is 0 Å². The zero-order chi connectivity index (χ0) is 33.8. The Balaban J connectivity index is 1.41. The summed E-state index contributed by atoms with van der Waals surface area (Å²) in [5.41, 5.74) is 1.58. The third-order valence-electron chi connectivity index (χ3n) is 6.51. The average Bonchev–Trinajstić information content (AvgIpc) is 3.06. The van der Waals surface area contributed by atoms with E-state index in [0.29, 0.717) is 48.8 Å². The van der Waals surface area contributed by atoms with E-state index < -0.39 is 23.6 Å². The summed E-state index contributed by atoms with van der Waals surface area (Å²) in [4.78, 5) is 52.1. The number of carbonyl (C=O) groups excluding carboxylic acids is 4. The van der Waals surface area contributed by atoms with E-state index in [9.17, 15) is 19.2 Å². The summed E-state index contributed by atoms with van der Waals surface area (Å²) in [6.07, 6.45) is 3.22. The molecule has 0 aromatic heterocycles. The van der Waals surface area contributed by atoms with Crippen LogP contribution in [0.1, 0.15) is 38.3 Å². The number of hydrogen-bond acceptors (Lipinski definition) is 4. The van der Waals surface area contributed by atoms with E-state index in [4.69, 9.17) is 46.4 Å². The molecule has 0 radical (unpaired) electrons. The third-order valence-corrected chi connectivity index (χ3v) is 7.63. The number of benzene rings is 4. The molecule has 0 aliphatic heterocycles. The molecule has 0 atom stereocenters. The maximum absolute atomic E-state index is 13.2. The van der Waals surface area contributed by atoms with E-state index in [1.54, 1.807) is 84.9 Å². The highest BCUT2D eigenvalue weighted by Gasteiger charge is 2.17. The summed E-state index contributed by atoms with van der Waals surface area (Å²) in [5.74, 6) is -2.11. The van der Waals surface area contributed by atoms with Gasteiger partial charge >= 0.3 is 0 Å². The molecule has 8 nitrogen and oxygen atoms in total. The van der Waals surface area contributed by atoms with Crippen LogP contribution in [0.5, 0.6) is 0 Å². The monoisotopic (exact) mass is 708 g/mol. The number of rotatable bonds is 12. The molecule has 4 amide bonds. The summed E-state index contributed by atoms with van der Waals surface area (Å²) in [6.45, 7) is 0.287. The molecule has 0 spiro atoms. The summed E-state index contributed by atoms with van der Waals surface area (Å²) in [7, 11) is 0. The molecule has 4 aromatic rings. The Morgan fingerprint density at radius 2 is 0.915 bits per heavy atom. The lowest BCUT2D eigenvalue weighted by Gasteiger charge is -2.13. The van der Waals surface area contributed by atoms with Crippen LogP contribution in [0.15, 0.2) is 108 Å². The molecule has 0 saturated carbocycles. The SMILES string of the molecule is O=C(NCCCNC(=O)/C(=C\c1ccc(Cl)cc1Cl)NC(=O)c1ccccc1)/C(=C\c1ccc(Cl)cc1Cl)NC(=O)c1ccccc1. The minimum Gasteiger partial charge on any atom is -0.351 e. The van der Waals surface area contributed by atoms with Crippen molar-refractivity contribution < 1.29 is 19.2 Å². The van der Waals surface area contributed by atoms with Crippen molar-refractivity contribution in [2.45, 2.75) is 6.42 Å². The van der Waals surface area contributed by atoms with Gasteiger partial charge in [-0.15, -0.1) is 0 Å². The van der Waals surface area contributed by atoms with Crippen molar-refractivity contribution in [3.63, 3.8) is 0 Å². The van der Waals surface area contributed by atoms with Gasteiger partial charge in [-0.25, -0.2) is 0 Å². The number of amides is 4. The molecule has 12 heteroatoms. The predicted octanol–water partition coefficient (Wildman–Crippen LogP) is 7.16. The number of hydrogen-bond donors (Lipinski definition) is 4. The van der Waals surface area contributed by atoms with E-state index >= 15 is 0 Å². The lowest BCUT2D eigenvalue weighted by Crippen LogP contribution is -2.38. The van der Waals surface area contributed by atoms with Crippen LogP contribution in [0.3, 0.4) is 0 Å². The van der Waals surface area contributed by atoms with Gasteiger partial charge in [-0.3, -0.25) is 19.2 Å². The van der Waals surface area contributed by atoms with E-state index in [1.165, 1.54) is 24.3 Å². The van der Waals surface area contributed by atoms with Gasteiger partial charge in [-0.2, -0.15) is 0 Å². The van der Waals surface area contributed by atoms with Gasteiger partial charge in [0.15, 0.2) is 0 Å². The highest BCUT2D eigenvalue weighted by atomic mass is 35.5. The summed E-state index contributed by atoms with van der Waals surface area (Å²) < 4.78 is 0. The highest BCUT2D eigenvalue weighted by molar-refractivity contribution is 6.36. The molecule has 0 bridgehead atoms. The molecule has 0 heterocycles. The molecule has 0 fully saturated rings. The maximum Gasteiger partial charge on any atom is 0.267 e. The van der Waals surface area contributed by atoms with Gasteiger partial charge in [0.2, 0.25) is 0 Å². The Labute approximate surface area is 291 Å². The van der Waals surface area contributed by atoms with Crippen molar-refractivity contribution in [3.8, 4) is 0 Å². The molecule has 0 aliphatic rings. The van der Waals surface area contributed by atoms with Crippen molar-refractivity contribution >= 4 is 82.2 Å². The quantitative estimate of drug-likeness (QED) is 0.0923. The van der Waals surface area contributed by atoms with Crippen LogP contribution in [-0.2, 0) is 9.59 Å². The van der Waals surface area contributed by atoms with E-state index in [-0.39, 0.29) is 24.5 Å². The fourth-order valence-electron chi connectivity index (χ4n) is 4.12. The predicted molar refractivity (Wildman–Crippen MR) is 187 cm³/mol. The molecule has 4 aromatic carbocycles. The van der Waals surface area contributed by atoms with Crippen LogP contribution in [0.2, 0.25) is 20.1 Å². The summed E-state index contributed by atoms with van der Waals surface area (Å²) >= 11 is 24.6. The molecule has 0 aliphatic carbocycles. The van der Waals surface area contributed by atoms with Crippen molar-refractivity contribution in [2.75, 3.05) is 13.1 Å². The Bertz CT molecular complexity index is 1700. The highest BCUT2D eigenvalue weighted by Crippen LogP contribution is 2.24. The van der Waals surface area contributed by atoms with Gasteiger partial charge in [0.1, 0.15) is 11.4 Å². The second-order valence-corrected chi connectivity index (χ2v) is 11.6. The first-order chi connectivity index (χ1) is 22.6. The fraction of sp³-hybridized carbons (Fsp3) is 0.0857. The maximum atomic E-state index is 13.2. The van der Waals surface area contributed by atoms with E-state index in [1.807, 2.05) is 0 Å². The molecular weight excluding hydrogens is 682 g/mol. The first kappa shape index (κ1) is 35.3. The number of nitrogens with one attached hydrogen (secondary N) is 4. The second-order valence-electron chi connectivity index (χ2n) is 9.95. The molecule has 0 saturated heterocycles. The first-order valence-corrected chi connectivity index (χ1v) is 15.7. The van der Waals surface area contributed by atoms with Crippen LogP contribution in [0, 0.1) is 0 Å². The van der Waals surface area contributed by atoms with Crippen molar-refractivity contribution in [1.82, 2.24) is 21.3 Å². The molecule has 240 valence electrons. The van der Waals surface area contributed by atoms with Crippen LogP contribution < -0.4 is 21.3 Å². The van der Waals surface area contributed by atoms with Crippen molar-refractivity contribution in [3.05, 3.63) is 151 Å². The van der Waals surface area contributed by atoms with E-state index in [0.717, 1.165) is 0 Å². The Hall–Kier alpha value is -4.60. The van der Waals surface area contributed by atoms with Crippen molar-refractivity contribution in [1.29, 1.82) is 0 Å². The Morgan fingerprint density at radius 1 is 0.532 bits per heavy atom. The number of halogens is 4. The standard InChI is InChI=1S/C35H28Cl4N4O4/c36-26-14-12-24(28(38)20-26)18-30(42-32(44)22-8-3-1-4-9-22)34(46)40-16-7-17-41-35(47)31(19-25-13-15-27(37)21-29(25)39)43-33(45)23-10-5-2-6-11-23/h1-6,8-15,18-21H,7,16-17H2,(H,40,46)(H,41,47)(H,42,44)(H,43,45)/b30-18+,31-19+. The lowest BCUT2D eigenvalue weighted by molar-refractivity contribution is -0.118. The van der Waals surface area contributed by atoms with Gasteiger partial charge in [0, 0.05) is 44.3 Å². The summed E-state index contributed by atoms with van der Waals surface area (Å²) in [5, 5.41) is 12.2. The lowest BCUT2D eigenvalue weighted by atomic mass is 10.1. The van der Waals surface area contributed by atoms with Gasteiger partial charge < -0.3 is 21.3 Å². The van der Waals surface area contributed by atoms with Gasteiger partial charge in [0.25, 0.3) is 23.6 Å². The van der Waals surface area contributed by atoms with Gasteiger partial charge in [-0.1, -0.05) is 94.9 Å². The zero-order valence-corrected chi connectivity index (χ0v) is 27.7. The first-order valence-electron chi connectivity index (χ1n) is 14.2. The van der Waals surface area contributed by atoms with Crippen LogP contribution in [0.4, 0.5) is 0 Å². The zero-order valence-electron chi connectivity index (χ0n) is 24.7. The fourth-order valence-corrected chi connectivity index (χ4v) is 5.04. The Morgan fingerprint density at radius 3 is 1.28 bits per heavy atom. The van der Waals surface area contributed by atoms with Gasteiger partial charge in [0.05, 0.1) is 0 Å². The normalized spacial score (nSPS) is 11.4. The molecule has 47 heavy (non-hydrogen) atoms. The third kappa shape index (κ3) is 10.7. The van der Waals surface area contributed by atoms with Crippen LogP contribution in [0.25, 0.3) is 12.2 Å². The molecular formula is C35H28Cl4N4O4. The topological polar surface area (TPSA) is 116 Å². The minimum absolute atomic E-state index is 0.0409. The Kier molecular flexibility index (Phi) is 13.0. The second kappa shape index (κ2) is 17.4. The van der Waals surface area contributed by atoms with Crippen LogP contribution >= 0.6 is 46.4 Å². The largest absolute Gasteiger partial charge is 0.351 e. The smallest absolute Gasteiger partial charge is 0.267 e. The average molecular weight is 710 g/mol. The summed E-state index contributed by atoms with van der Waals surface area (Å²) in [6, 6.07) is 26.4. The number of carbonyl (C=O) groups is 4. The molecule has 4 rings (SSSR count). The molecule has 0 unspecified atom stereocenters. The van der Waals surface area contributed by atoms with E-state index in [2.05, 4.69) is 21.3 Å². The molecule has 4 N–H and O–H groups in total.